The highest BCUT2D eigenvalue weighted by molar-refractivity contribution is 5.46. The van der Waals surface area contributed by atoms with Crippen molar-refractivity contribution in [2.45, 2.75) is 25.8 Å². The molecule has 1 heterocycles. The number of hydrogen-bond donors (Lipinski definition) is 3. The summed E-state index contributed by atoms with van der Waals surface area (Å²) in [7, 11) is 0. The van der Waals surface area contributed by atoms with Crippen LogP contribution in [0, 0.1) is 0 Å². The van der Waals surface area contributed by atoms with E-state index in [1.165, 1.54) is 11.1 Å². The van der Waals surface area contributed by atoms with Crippen LogP contribution in [-0.2, 0) is 12.8 Å². The number of rotatable bonds is 6. The van der Waals surface area contributed by atoms with Crippen molar-refractivity contribution < 1.29 is 0 Å². The van der Waals surface area contributed by atoms with Crippen molar-refractivity contribution in [3.63, 3.8) is 0 Å². The highest BCUT2D eigenvalue weighted by Crippen LogP contribution is 2.19. The number of nitrogens with two attached hydrogens (primary N) is 2. The maximum absolute atomic E-state index is 5.96. The fourth-order valence-corrected chi connectivity index (χ4v) is 2.69. The first-order chi connectivity index (χ1) is 12.1. The Kier molecular flexibility index (Phi) is 5.14. The van der Waals surface area contributed by atoms with Crippen molar-refractivity contribution in [3.8, 4) is 0 Å². The largest absolute Gasteiger partial charge is 0.399 e. The molecule has 2 aromatic carbocycles. The van der Waals surface area contributed by atoms with E-state index in [-0.39, 0.29) is 6.04 Å². The Balaban J connectivity index is 1.68. The lowest BCUT2D eigenvalue weighted by Gasteiger charge is -2.15. The van der Waals surface area contributed by atoms with Crippen LogP contribution in [0.2, 0.25) is 0 Å². The molecule has 1 atom stereocenters. The van der Waals surface area contributed by atoms with E-state index in [4.69, 9.17) is 11.5 Å². The third-order valence-electron chi connectivity index (χ3n) is 4.07. The molecule has 3 aromatic rings. The van der Waals surface area contributed by atoms with Crippen LogP contribution in [0.5, 0.6) is 0 Å². The van der Waals surface area contributed by atoms with Gasteiger partial charge in [0.2, 0.25) is 0 Å². The Labute approximate surface area is 148 Å². The molecule has 0 amide bonds. The number of hydrogen-bond acceptors (Lipinski definition) is 5. The molecule has 0 aliphatic carbocycles. The molecule has 3 rings (SSSR count). The van der Waals surface area contributed by atoms with Crippen LogP contribution < -0.4 is 16.8 Å². The van der Waals surface area contributed by atoms with Crippen LogP contribution in [-0.4, -0.2) is 9.97 Å². The molecule has 25 heavy (non-hydrogen) atoms. The molecular formula is C20H23N5. The van der Waals surface area contributed by atoms with Gasteiger partial charge in [-0.3, -0.25) is 0 Å². The Bertz CT molecular complexity index is 815. The van der Waals surface area contributed by atoms with Crippen LogP contribution in [0.1, 0.15) is 29.9 Å². The predicted molar refractivity (Wildman–Crippen MR) is 103 cm³/mol. The first-order valence-electron chi connectivity index (χ1n) is 8.39. The van der Waals surface area contributed by atoms with Crippen LogP contribution in [0.15, 0.2) is 60.7 Å². The average molecular weight is 333 g/mol. The molecule has 0 spiro atoms. The molecule has 5 N–H and O–H groups in total. The van der Waals surface area contributed by atoms with Gasteiger partial charge in [-0.15, -0.1) is 0 Å². The van der Waals surface area contributed by atoms with Crippen LogP contribution >= 0.6 is 0 Å². The summed E-state index contributed by atoms with van der Waals surface area (Å²) in [5.74, 6) is 1.96. The highest BCUT2D eigenvalue weighted by Gasteiger charge is 2.08. The zero-order valence-electron chi connectivity index (χ0n) is 14.3. The van der Waals surface area contributed by atoms with Gasteiger partial charge < -0.3 is 16.8 Å². The standard InChI is InChI=1S/C20H23N5/c1-14(16-5-3-2-4-6-16)23-20-13-18(22)24-19(25-20)12-9-15-7-10-17(21)11-8-15/h2-8,10-11,13-14H,9,12,21H2,1H3,(H3,22,23,24,25)/t14-/m0/s1. The summed E-state index contributed by atoms with van der Waals surface area (Å²) in [5, 5.41) is 3.40. The van der Waals surface area contributed by atoms with E-state index in [0.717, 1.165) is 30.2 Å². The van der Waals surface area contributed by atoms with E-state index < -0.39 is 0 Å². The monoisotopic (exact) mass is 333 g/mol. The van der Waals surface area contributed by atoms with Gasteiger partial charge in [0.25, 0.3) is 0 Å². The summed E-state index contributed by atoms with van der Waals surface area (Å²) in [6.07, 6.45) is 1.57. The third-order valence-corrected chi connectivity index (χ3v) is 4.07. The van der Waals surface area contributed by atoms with Gasteiger partial charge >= 0.3 is 0 Å². The average Bonchev–Trinajstić information content (AvgIpc) is 2.61. The van der Waals surface area contributed by atoms with E-state index in [9.17, 15) is 0 Å². The molecular weight excluding hydrogens is 310 g/mol. The quantitative estimate of drug-likeness (QED) is 0.600. The molecule has 0 bridgehead atoms. The van der Waals surface area contributed by atoms with Crippen molar-refractivity contribution in [3.05, 3.63) is 77.6 Å². The molecule has 1 aromatic heterocycles. The number of nitrogens with one attached hydrogen (secondary N) is 1. The minimum Gasteiger partial charge on any atom is -0.399 e. The van der Waals surface area contributed by atoms with Crippen LogP contribution in [0.3, 0.4) is 0 Å². The zero-order chi connectivity index (χ0) is 17.6. The van der Waals surface area contributed by atoms with Crippen LogP contribution in [0.25, 0.3) is 0 Å². The maximum atomic E-state index is 5.96. The van der Waals surface area contributed by atoms with Crippen LogP contribution in [0.4, 0.5) is 17.3 Å². The van der Waals surface area contributed by atoms with Gasteiger partial charge in [0.15, 0.2) is 0 Å². The number of aryl methyl sites for hydroxylation is 2. The number of benzene rings is 2. The molecule has 0 saturated carbocycles. The third kappa shape index (κ3) is 4.70. The van der Waals surface area contributed by atoms with Gasteiger partial charge in [0, 0.05) is 24.2 Å². The normalized spacial score (nSPS) is 11.9. The summed E-state index contributed by atoms with van der Waals surface area (Å²) in [6, 6.07) is 20.0. The fraction of sp³-hybridized carbons (Fsp3) is 0.200. The van der Waals surface area contributed by atoms with Crippen molar-refractivity contribution >= 4 is 17.3 Å². The van der Waals surface area contributed by atoms with Crippen molar-refractivity contribution in [2.24, 2.45) is 0 Å². The molecule has 5 nitrogen and oxygen atoms in total. The molecule has 128 valence electrons. The SMILES string of the molecule is C[C@H](Nc1cc(N)nc(CCc2ccc(N)cc2)n1)c1ccccc1. The smallest absolute Gasteiger partial charge is 0.133 e. The minimum atomic E-state index is 0.139. The van der Waals surface area contributed by atoms with E-state index in [1.807, 2.05) is 42.5 Å². The molecule has 0 fully saturated rings. The molecule has 0 aliphatic rings. The summed E-state index contributed by atoms with van der Waals surface area (Å²) < 4.78 is 0. The van der Waals surface area contributed by atoms with E-state index in [1.54, 1.807) is 6.07 Å². The van der Waals surface area contributed by atoms with Crippen molar-refractivity contribution in [1.29, 1.82) is 0 Å². The highest BCUT2D eigenvalue weighted by atomic mass is 15.1. The lowest BCUT2D eigenvalue weighted by molar-refractivity contribution is 0.835. The topological polar surface area (TPSA) is 89.8 Å². The Morgan fingerprint density at radius 1 is 0.920 bits per heavy atom. The first kappa shape index (κ1) is 16.8. The zero-order valence-corrected chi connectivity index (χ0v) is 14.3. The second kappa shape index (κ2) is 7.66. The van der Waals surface area contributed by atoms with E-state index in [2.05, 4.69) is 34.3 Å². The summed E-state index contributed by atoms with van der Waals surface area (Å²) in [5.41, 5.74) is 14.8. The van der Waals surface area contributed by atoms with Gasteiger partial charge in [-0.05, 0) is 36.6 Å². The van der Waals surface area contributed by atoms with E-state index >= 15 is 0 Å². The molecule has 0 radical (unpaired) electrons. The Morgan fingerprint density at radius 2 is 1.64 bits per heavy atom. The maximum Gasteiger partial charge on any atom is 0.133 e. The number of nitrogen functional groups attached to an aromatic ring is 2. The summed E-state index contributed by atoms with van der Waals surface area (Å²) >= 11 is 0. The van der Waals surface area contributed by atoms with Gasteiger partial charge in [-0.25, -0.2) is 9.97 Å². The summed E-state index contributed by atoms with van der Waals surface area (Å²) in [6.45, 7) is 2.10. The van der Waals surface area contributed by atoms with Gasteiger partial charge in [0.05, 0.1) is 0 Å². The summed E-state index contributed by atoms with van der Waals surface area (Å²) in [4.78, 5) is 8.95. The molecule has 0 saturated heterocycles. The predicted octanol–water partition coefficient (Wildman–Crippen LogP) is 3.60. The lowest BCUT2D eigenvalue weighted by atomic mass is 10.1. The number of aromatic nitrogens is 2. The number of anilines is 3. The molecule has 5 heteroatoms. The molecule has 0 unspecified atom stereocenters. The Hall–Kier alpha value is -3.08. The fourth-order valence-electron chi connectivity index (χ4n) is 2.69. The van der Waals surface area contributed by atoms with Gasteiger partial charge in [-0.1, -0.05) is 42.5 Å². The first-order valence-corrected chi connectivity index (χ1v) is 8.39. The second-order valence-corrected chi connectivity index (χ2v) is 6.11. The van der Waals surface area contributed by atoms with Gasteiger partial charge in [-0.2, -0.15) is 0 Å². The molecule has 0 aliphatic heterocycles. The number of nitrogens with zero attached hydrogens (tertiary/aromatic N) is 2. The second-order valence-electron chi connectivity index (χ2n) is 6.11. The minimum absolute atomic E-state index is 0.139. The van der Waals surface area contributed by atoms with E-state index in [0.29, 0.717) is 5.82 Å². The Morgan fingerprint density at radius 3 is 2.36 bits per heavy atom. The van der Waals surface area contributed by atoms with Crippen molar-refractivity contribution in [1.82, 2.24) is 9.97 Å². The lowest BCUT2D eigenvalue weighted by Crippen LogP contribution is -2.11. The van der Waals surface area contributed by atoms with Crippen molar-refractivity contribution in [2.75, 3.05) is 16.8 Å². The van der Waals surface area contributed by atoms with Gasteiger partial charge in [0.1, 0.15) is 17.5 Å².